The molecule has 1 atom stereocenters. The van der Waals surface area contributed by atoms with Gasteiger partial charge in [-0.25, -0.2) is 22.5 Å². The van der Waals surface area contributed by atoms with E-state index in [1.54, 1.807) is 0 Å². The van der Waals surface area contributed by atoms with Crippen LogP contribution in [0.1, 0.15) is 35.1 Å². The number of aromatic nitrogens is 2. The van der Waals surface area contributed by atoms with Gasteiger partial charge in [0.05, 0.1) is 11.7 Å². The molecule has 0 aliphatic carbocycles. The van der Waals surface area contributed by atoms with E-state index in [0.717, 1.165) is 18.4 Å². The molecule has 0 saturated heterocycles. The summed E-state index contributed by atoms with van der Waals surface area (Å²) in [6.07, 6.45) is 0.0741. The van der Waals surface area contributed by atoms with E-state index in [0.29, 0.717) is 18.2 Å². The van der Waals surface area contributed by atoms with Crippen molar-refractivity contribution < 1.29 is 17.6 Å². The van der Waals surface area contributed by atoms with Crippen LogP contribution >= 0.6 is 11.6 Å². The van der Waals surface area contributed by atoms with Gasteiger partial charge in [0.25, 0.3) is 0 Å². The molecule has 3 rings (SSSR count). The summed E-state index contributed by atoms with van der Waals surface area (Å²) in [7, 11) is 0. The maximum Gasteiger partial charge on any atom is 0.165 e. The SMILES string of the molecule is Cc1c(F)c(F)c(CCC2NCCn3c(C)nc(Cl)c32)c(F)c1F. The summed E-state index contributed by atoms with van der Waals surface area (Å²) >= 11 is 6.13. The minimum atomic E-state index is -1.35. The fourth-order valence-corrected chi connectivity index (χ4v) is 3.50. The molecule has 130 valence electrons. The molecule has 1 N–H and O–H groups in total. The summed E-state index contributed by atoms with van der Waals surface area (Å²) in [4.78, 5) is 4.19. The van der Waals surface area contributed by atoms with Crippen LogP contribution in [0.25, 0.3) is 0 Å². The summed E-state index contributed by atoms with van der Waals surface area (Å²) in [5, 5.41) is 3.53. The van der Waals surface area contributed by atoms with Crippen LogP contribution in [0.5, 0.6) is 0 Å². The summed E-state index contributed by atoms with van der Waals surface area (Å²) < 4.78 is 57.3. The number of benzene rings is 1. The van der Waals surface area contributed by atoms with Gasteiger partial charge in [-0.3, -0.25) is 0 Å². The molecule has 3 nitrogen and oxygen atoms in total. The Labute approximate surface area is 141 Å². The van der Waals surface area contributed by atoms with Crippen LogP contribution in [0, 0.1) is 37.1 Å². The Morgan fingerprint density at radius 2 is 1.75 bits per heavy atom. The molecule has 0 fully saturated rings. The van der Waals surface area contributed by atoms with Crippen molar-refractivity contribution in [2.45, 2.75) is 39.3 Å². The quantitative estimate of drug-likeness (QED) is 0.662. The Bertz CT molecular complexity index is 774. The molecule has 0 radical (unpaired) electrons. The van der Waals surface area contributed by atoms with Gasteiger partial charge in [0.1, 0.15) is 5.82 Å². The number of hydrogen-bond acceptors (Lipinski definition) is 2. The molecule has 24 heavy (non-hydrogen) atoms. The molecule has 0 bridgehead atoms. The number of rotatable bonds is 3. The van der Waals surface area contributed by atoms with Crippen molar-refractivity contribution in [3.63, 3.8) is 0 Å². The van der Waals surface area contributed by atoms with E-state index in [1.165, 1.54) is 0 Å². The normalized spacial score (nSPS) is 17.2. The molecule has 2 heterocycles. The van der Waals surface area contributed by atoms with E-state index in [-0.39, 0.29) is 18.9 Å². The second kappa shape index (κ2) is 6.37. The molecule has 1 aliphatic rings. The largest absolute Gasteiger partial charge is 0.328 e. The maximum atomic E-state index is 14.0. The number of nitrogens with zero attached hydrogens (tertiary/aromatic N) is 2. The first kappa shape index (κ1) is 17.2. The smallest absolute Gasteiger partial charge is 0.165 e. The zero-order valence-electron chi connectivity index (χ0n) is 13.2. The number of imidazole rings is 1. The minimum absolute atomic E-state index is 0.163. The van der Waals surface area contributed by atoms with Crippen LogP contribution in [0.15, 0.2) is 0 Å². The van der Waals surface area contributed by atoms with Gasteiger partial charge < -0.3 is 9.88 Å². The highest BCUT2D eigenvalue weighted by Crippen LogP contribution is 2.31. The van der Waals surface area contributed by atoms with Gasteiger partial charge in [0, 0.05) is 24.2 Å². The van der Waals surface area contributed by atoms with E-state index < -0.39 is 34.4 Å². The molecular weight excluding hydrogens is 346 g/mol. The Hall–Kier alpha value is -1.60. The van der Waals surface area contributed by atoms with E-state index in [4.69, 9.17) is 11.6 Å². The Morgan fingerprint density at radius 1 is 1.12 bits per heavy atom. The highest BCUT2D eigenvalue weighted by Gasteiger charge is 2.28. The lowest BCUT2D eigenvalue weighted by Crippen LogP contribution is -2.34. The first-order valence-electron chi connectivity index (χ1n) is 7.60. The van der Waals surface area contributed by atoms with E-state index in [9.17, 15) is 17.6 Å². The third kappa shape index (κ3) is 2.69. The molecule has 1 aromatic carbocycles. The number of hydrogen-bond donors (Lipinski definition) is 1. The van der Waals surface area contributed by atoms with Gasteiger partial charge in [0.15, 0.2) is 28.4 Å². The first-order chi connectivity index (χ1) is 11.3. The van der Waals surface area contributed by atoms with Crippen LogP contribution in [-0.2, 0) is 13.0 Å². The Kier molecular flexibility index (Phi) is 4.57. The van der Waals surface area contributed by atoms with Crippen LogP contribution < -0.4 is 5.32 Å². The fraction of sp³-hybridized carbons (Fsp3) is 0.438. The Balaban J connectivity index is 1.89. The molecule has 2 aromatic rings. The molecule has 0 saturated carbocycles. The van der Waals surface area contributed by atoms with E-state index in [1.807, 2.05) is 11.5 Å². The second-order valence-corrected chi connectivity index (χ2v) is 6.25. The number of fused-ring (bicyclic) bond motifs is 1. The zero-order chi connectivity index (χ0) is 17.6. The molecule has 8 heteroatoms. The lowest BCUT2D eigenvalue weighted by molar-refractivity contribution is 0.389. The minimum Gasteiger partial charge on any atom is -0.328 e. The number of aryl methyl sites for hydroxylation is 1. The van der Waals surface area contributed by atoms with Crippen molar-refractivity contribution in [3.05, 3.63) is 51.1 Å². The lowest BCUT2D eigenvalue weighted by Gasteiger charge is -2.27. The maximum absolute atomic E-state index is 14.0. The molecule has 0 amide bonds. The molecule has 1 aliphatic heterocycles. The topological polar surface area (TPSA) is 29.9 Å². The van der Waals surface area contributed by atoms with Crippen molar-refractivity contribution in [1.29, 1.82) is 0 Å². The van der Waals surface area contributed by atoms with Gasteiger partial charge in [-0.15, -0.1) is 0 Å². The van der Waals surface area contributed by atoms with Gasteiger partial charge in [-0.05, 0) is 26.7 Å². The Morgan fingerprint density at radius 3 is 2.38 bits per heavy atom. The predicted octanol–water partition coefficient (Wildman–Crippen LogP) is 3.99. The monoisotopic (exact) mass is 361 g/mol. The molecule has 1 unspecified atom stereocenters. The summed E-state index contributed by atoms with van der Waals surface area (Å²) in [6, 6.07) is -0.293. The van der Waals surface area contributed by atoms with Gasteiger partial charge >= 0.3 is 0 Å². The summed E-state index contributed by atoms with van der Waals surface area (Å²) in [5.41, 5.74) is -0.502. The van der Waals surface area contributed by atoms with Crippen LogP contribution in [0.3, 0.4) is 0 Å². The average molecular weight is 362 g/mol. The highest BCUT2D eigenvalue weighted by atomic mass is 35.5. The molecule has 0 spiro atoms. The third-order valence-corrected chi connectivity index (χ3v) is 4.74. The number of halogens is 5. The van der Waals surface area contributed by atoms with Crippen molar-refractivity contribution in [1.82, 2.24) is 14.9 Å². The van der Waals surface area contributed by atoms with Crippen LogP contribution in [0.2, 0.25) is 5.15 Å². The molecular formula is C16H16ClF4N3. The third-order valence-electron chi connectivity index (χ3n) is 4.47. The number of nitrogens with one attached hydrogen (secondary N) is 1. The van der Waals surface area contributed by atoms with Gasteiger partial charge in [-0.1, -0.05) is 11.6 Å². The highest BCUT2D eigenvalue weighted by molar-refractivity contribution is 6.30. The summed E-state index contributed by atoms with van der Waals surface area (Å²) in [6.45, 7) is 4.16. The van der Waals surface area contributed by atoms with Crippen molar-refractivity contribution in [2.75, 3.05) is 6.54 Å². The lowest BCUT2D eigenvalue weighted by atomic mass is 9.99. The van der Waals surface area contributed by atoms with Crippen molar-refractivity contribution in [3.8, 4) is 0 Å². The van der Waals surface area contributed by atoms with Crippen molar-refractivity contribution in [2.24, 2.45) is 0 Å². The van der Waals surface area contributed by atoms with Gasteiger partial charge in [-0.2, -0.15) is 0 Å². The summed E-state index contributed by atoms with van der Waals surface area (Å²) in [5.74, 6) is -4.61. The zero-order valence-corrected chi connectivity index (χ0v) is 13.9. The average Bonchev–Trinajstić information content (AvgIpc) is 2.86. The van der Waals surface area contributed by atoms with Crippen LogP contribution in [-0.4, -0.2) is 16.1 Å². The second-order valence-electron chi connectivity index (χ2n) is 5.89. The van der Waals surface area contributed by atoms with Crippen LogP contribution in [0.4, 0.5) is 17.6 Å². The van der Waals surface area contributed by atoms with E-state index >= 15 is 0 Å². The fourth-order valence-electron chi connectivity index (χ4n) is 3.14. The van der Waals surface area contributed by atoms with Crippen molar-refractivity contribution >= 4 is 11.6 Å². The predicted molar refractivity (Wildman–Crippen MR) is 82.0 cm³/mol. The standard InChI is InChI=1S/C16H16ClF4N3/c1-7-11(18)13(20)9(14(21)12(7)19)3-4-10-15-16(17)23-8(2)24(15)6-5-22-10/h10,22H,3-6H2,1-2H3. The molecule has 1 aromatic heterocycles. The van der Waals surface area contributed by atoms with E-state index in [2.05, 4.69) is 10.3 Å². The van der Waals surface area contributed by atoms with Gasteiger partial charge in [0.2, 0.25) is 0 Å². The first-order valence-corrected chi connectivity index (χ1v) is 7.98.